The first-order chi connectivity index (χ1) is 14.2. The average molecular weight is 437 g/mol. The minimum Gasteiger partial charge on any atom is -0.490 e. The maximum absolute atomic E-state index is 14.2. The Hall–Kier alpha value is -2.56. The maximum atomic E-state index is 14.2. The van der Waals surface area contributed by atoms with Crippen LogP contribution in [-0.4, -0.2) is 68.6 Å². The second-order valence-corrected chi connectivity index (χ2v) is 9.42. The van der Waals surface area contributed by atoms with Gasteiger partial charge >= 0.3 is 0 Å². The van der Waals surface area contributed by atoms with Crippen molar-refractivity contribution in [2.75, 3.05) is 44.4 Å². The maximum Gasteiger partial charge on any atom is 0.238 e. The molecule has 160 valence electrons. The topological polar surface area (TPSA) is 79.0 Å². The molecule has 2 heterocycles. The number of hydrogen-bond donors (Lipinski definition) is 1. The zero-order chi connectivity index (χ0) is 21.5. The number of anilines is 1. The van der Waals surface area contributed by atoms with Gasteiger partial charge < -0.3 is 10.1 Å². The number of piperazine rings is 1. The molecule has 0 spiro atoms. The number of nitrogens with one attached hydrogen (secondary N) is 1. The molecule has 10 heteroatoms. The van der Waals surface area contributed by atoms with Gasteiger partial charge in [0.05, 0.1) is 24.5 Å². The van der Waals surface area contributed by atoms with E-state index in [1.807, 2.05) is 4.90 Å². The zero-order valence-electron chi connectivity index (χ0n) is 16.3. The minimum absolute atomic E-state index is 0.0835. The van der Waals surface area contributed by atoms with Gasteiger partial charge in [-0.25, -0.2) is 17.2 Å². The van der Waals surface area contributed by atoms with E-state index in [9.17, 15) is 22.0 Å². The molecule has 0 aromatic heterocycles. The first-order valence-corrected chi connectivity index (χ1v) is 11.3. The van der Waals surface area contributed by atoms with Crippen molar-refractivity contribution in [3.05, 3.63) is 48.0 Å². The third-order valence-electron chi connectivity index (χ3n) is 5.31. The summed E-state index contributed by atoms with van der Waals surface area (Å²) in [5, 5.41) is 2.78. The number of nitrogens with zero attached hydrogens (tertiary/aromatic N) is 2. The Labute approximate surface area is 173 Å². The molecule has 1 amide bonds. The molecule has 2 aliphatic heterocycles. The highest BCUT2D eigenvalue weighted by Gasteiger charge is 2.33. The molecular formula is C20H21F2N3O4S. The van der Waals surface area contributed by atoms with Crippen molar-refractivity contribution in [2.45, 2.75) is 6.04 Å². The highest BCUT2D eigenvalue weighted by Crippen LogP contribution is 2.33. The number of sulfonamides is 1. The zero-order valence-corrected chi connectivity index (χ0v) is 17.1. The Morgan fingerprint density at radius 1 is 1.13 bits per heavy atom. The van der Waals surface area contributed by atoms with E-state index in [0.717, 1.165) is 12.3 Å². The molecule has 0 bridgehead atoms. The number of carbonyl (C=O) groups excluding carboxylic acids is 1. The van der Waals surface area contributed by atoms with Crippen LogP contribution in [0.2, 0.25) is 0 Å². The molecule has 4 rings (SSSR count). The molecule has 1 saturated heterocycles. The number of amides is 1. The predicted octanol–water partition coefficient (Wildman–Crippen LogP) is 1.91. The Bertz CT molecular complexity index is 1090. The van der Waals surface area contributed by atoms with Gasteiger partial charge in [0.15, 0.2) is 0 Å². The van der Waals surface area contributed by atoms with Gasteiger partial charge in [-0.05, 0) is 29.8 Å². The van der Waals surface area contributed by atoms with Gasteiger partial charge in [-0.1, -0.05) is 6.07 Å². The number of benzene rings is 2. The van der Waals surface area contributed by atoms with Crippen LogP contribution in [0, 0.1) is 11.6 Å². The van der Waals surface area contributed by atoms with Crippen LogP contribution < -0.4 is 10.1 Å². The van der Waals surface area contributed by atoms with E-state index in [0.29, 0.717) is 30.1 Å². The monoisotopic (exact) mass is 437 g/mol. The molecule has 2 aromatic carbocycles. The lowest BCUT2D eigenvalue weighted by Crippen LogP contribution is -2.57. The molecule has 1 fully saturated rings. The smallest absolute Gasteiger partial charge is 0.238 e. The molecule has 30 heavy (non-hydrogen) atoms. The van der Waals surface area contributed by atoms with Gasteiger partial charge in [-0.2, -0.15) is 4.31 Å². The average Bonchev–Trinajstić information content (AvgIpc) is 2.73. The second kappa shape index (κ2) is 7.93. The fourth-order valence-electron chi connectivity index (χ4n) is 3.74. The number of ether oxygens (including phenoxy) is 1. The van der Waals surface area contributed by atoms with Crippen molar-refractivity contribution >= 4 is 21.6 Å². The summed E-state index contributed by atoms with van der Waals surface area (Å²) in [6.07, 6.45) is 1.16. The summed E-state index contributed by atoms with van der Waals surface area (Å²) in [7, 11) is -3.34. The van der Waals surface area contributed by atoms with E-state index in [-0.39, 0.29) is 37.2 Å². The molecular weight excluding hydrogens is 416 g/mol. The highest BCUT2D eigenvalue weighted by molar-refractivity contribution is 7.88. The summed E-state index contributed by atoms with van der Waals surface area (Å²) in [5.41, 5.74) is 1.05. The third-order valence-corrected chi connectivity index (χ3v) is 6.58. The lowest BCUT2D eigenvalue weighted by Gasteiger charge is -2.39. The standard InChI is InChI=1S/C20H21F2N3O4S/c1-30(27,28)25-7-6-24-11-20(26)23-18-8-13(16-4-3-14(21)9-17(16)22)2-5-19(18)29-12-15(24)10-25/h2-5,8-9,15H,6-7,10-12H2,1H3,(H,23,26)/t15-/m1/s1. The van der Waals surface area contributed by atoms with Gasteiger partial charge in [0, 0.05) is 31.3 Å². The molecule has 2 aromatic rings. The van der Waals surface area contributed by atoms with E-state index >= 15 is 0 Å². The van der Waals surface area contributed by atoms with Crippen LogP contribution in [0.25, 0.3) is 11.1 Å². The normalized spacial score (nSPS) is 20.8. The number of carbonyl (C=O) groups is 1. The first-order valence-electron chi connectivity index (χ1n) is 9.42. The summed E-state index contributed by atoms with van der Waals surface area (Å²) in [6, 6.07) is 7.85. The molecule has 1 N–H and O–H groups in total. The molecule has 0 unspecified atom stereocenters. The summed E-state index contributed by atoms with van der Waals surface area (Å²) >= 11 is 0. The Morgan fingerprint density at radius 3 is 2.67 bits per heavy atom. The molecule has 1 atom stereocenters. The predicted molar refractivity (Wildman–Crippen MR) is 108 cm³/mol. The van der Waals surface area contributed by atoms with Gasteiger partial charge in [0.1, 0.15) is 24.0 Å². The van der Waals surface area contributed by atoms with Crippen LogP contribution in [-0.2, 0) is 14.8 Å². The lowest BCUT2D eigenvalue weighted by atomic mass is 10.0. The van der Waals surface area contributed by atoms with Crippen LogP contribution in [0.4, 0.5) is 14.5 Å². The molecule has 0 saturated carbocycles. The van der Waals surface area contributed by atoms with Gasteiger partial charge in [-0.3, -0.25) is 9.69 Å². The Kier molecular flexibility index (Phi) is 5.48. The summed E-state index contributed by atoms with van der Waals surface area (Å²) < 4.78 is 58.5. The highest BCUT2D eigenvalue weighted by atomic mass is 32.2. The number of rotatable bonds is 2. The SMILES string of the molecule is CS(=O)(=O)N1CCN2CC(=O)Nc3cc(-c4ccc(F)cc4F)ccc3OC[C@H]2C1. The minimum atomic E-state index is -3.34. The quantitative estimate of drug-likeness (QED) is 0.777. The fourth-order valence-corrected chi connectivity index (χ4v) is 4.59. The van der Waals surface area contributed by atoms with Crippen molar-refractivity contribution in [3.8, 4) is 16.9 Å². The van der Waals surface area contributed by atoms with Crippen molar-refractivity contribution in [2.24, 2.45) is 0 Å². The number of halogens is 2. The van der Waals surface area contributed by atoms with Gasteiger partial charge in [-0.15, -0.1) is 0 Å². The fraction of sp³-hybridized carbons (Fsp3) is 0.350. The van der Waals surface area contributed by atoms with Crippen LogP contribution >= 0.6 is 0 Å². The van der Waals surface area contributed by atoms with E-state index in [2.05, 4.69) is 5.32 Å². The number of hydrogen-bond acceptors (Lipinski definition) is 5. The first kappa shape index (κ1) is 20.7. The molecule has 0 radical (unpaired) electrons. The van der Waals surface area contributed by atoms with Crippen LogP contribution in [0.3, 0.4) is 0 Å². The molecule has 7 nitrogen and oxygen atoms in total. The largest absolute Gasteiger partial charge is 0.490 e. The van der Waals surface area contributed by atoms with Crippen LogP contribution in [0.15, 0.2) is 36.4 Å². The van der Waals surface area contributed by atoms with Crippen LogP contribution in [0.5, 0.6) is 5.75 Å². The van der Waals surface area contributed by atoms with E-state index in [4.69, 9.17) is 4.74 Å². The number of fused-ring (bicyclic) bond motifs is 2. The Morgan fingerprint density at radius 2 is 1.93 bits per heavy atom. The van der Waals surface area contributed by atoms with E-state index < -0.39 is 21.7 Å². The summed E-state index contributed by atoms with van der Waals surface area (Å²) in [5.74, 6) is -1.26. The van der Waals surface area contributed by atoms with Crippen molar-refractivity contribution in [1.29, 1.82) is 0 Å². The van der Waals surface area contributed by atoms with Crippen molar-refractivity contribution in [1.82, 2.24) is 9.21 Å². The van der Waals surface area contributed by atoms with Crippen LogP contribution in [0.1, 0.15) is 0 Å². The van der Waals surface area contributed by atoms with E-state index in [1.54, 1.807) is 18.2 Å². The summed E-state index contributed by atoms with van der Waals surface area (Å²) in [4.78, 5) is 14.5. The van der Waals surface area contributed by atoms with Crippen molar-refractivity contribution < 1.29 is 26.7 Å². The lowest BCUT2D eigenvalue weighted by molar-refractivity contribution is -0.118. The second-order valence-electron chi connectivity index (χ2n) is 7.44. The third kappa shape index (κ3) is 4.30. The van der Waals surface area contributed by atoms with Gasteiger partial charge in [0.2, 0.25) is 15.9 Å². The van der Waals surface area contributed by atoms with E-state index in [1.165, 1.54) is 16.4 Å². The molecule has 0 aliphatic carbocycles. The van der Waals surface area contributed by atoms with Gasteiger partial charge in [0.25, 0.3) is 0 Å². The summed E-state index contributed by atoms with van der Waals surface area (Å²) in [6.45, 7) is 1.24. The molecule has 2 aliphatic rings. The Balaban J connectivity index is 1.62. The van der Waals surface area contributed by atoms with Crippen molar-refractivity contribution in [3.63, 3.8) is 0 Å².